The third-order valence-corrected chi connectivity index (χ3v) is 2.71. The lowest BCUT2D eigenvalue weighted by atomic mass is 10.2. The highest BCUT2D eigenvalue weighted by Crippen LogP contribution is 2.25. The number of esters is 2. The standard InChI is InChI=1S/C15H16O9/c1-2-23-15(22)13(12(19)14(20)21)24-11(18)6-4-8-3-5-9(16)10(17)7-8/h3-7,12-13,16-17,19H,2H2,1H3,(H,20,21). The van der Waals surface area contributed by atoms with E-state index in [4.69, 9.17) is 10.2 Å². The van der Waals surface area contributed by atoms with E-state index >= 15 is 0 Å². The maximum absolute atomic E-state index is 11.7. The molecule has 2 atom stereocenters. The molecule has 0 radical (unpaired) electrons. The van der Waals surface area contributed by atoms with Crippen molar-refractivity contribution in [2.75, 3.05) is 6.61 Å². The molecule has 130 valence electrons. The van der Waals surface area contributed by atoms with E-state index in [1.54, 1.807) is 0 Å². The van der Waals surface area contributed by atoms with E-state index in [1.807, 2.05) is 0 Å². The van der Waals surface area contributed by atoms with Gasteiger partial charge in [-0.05, 0) is 30.7 Å². The molecule has 9 heteroatoms. The molecule has 24 heavy (non-hydrogen) atoms. The maximum atomic E-state index is 11.7. The minimum atomic E-state index is -2.28. The van der Waals surface area contributed by atoms with Crippen LogP contribution in [0.4, 0.5) is 0 Å². The Labute approximate surface area is 136 Å². The molecule has 9 nitrogen and oxygen atoms in total. The second-order valence-corrected chi connectivity index (χ2v) is 4.47. The molecule has 0 aromatic heterocycles. The van der Waals surface area contributed by atoms with Crippen molar-refractivity contribution < 1.29 is 44.3 Å². The number of aliphatic hydroxyl groups is 1. The van der Waals surface area contributed by atoms with Crippen molar-refractivity contribution in [1.29, 1.82) is 0 Å². The summed E-state index contributed by atoms with van der Waals surface area (Å²) in [4.78, 5) is 34.0. The van der Waals surface area contributed by atoms with E-state index < -0.39 is 35.9 Å². The highest BCUT2D eigenvalue weighted by Gasteiger charge is 2.36. The van der Waals surface area contributed by atoms with Crippen LogP contribution in [0.1, 0.15) is 12.5 Å². The molecule has 0 saturated heterocycles. The fourth-order valence-electron chi connectivity index (χ4n) is 1.57. The van der Waals surface area contributed by atoms with Crippen LogP contribution in [-0.4, -0.2) is 57.1 Å². The molecule has 0 amide bonds. The first kappa shape index (κ1) is 19.0. The van der Waals surface area contributed by atoms with Gasteiger partial charge >= 0.3 is 17.9 Å². The van der Waals surface area contributed by atoms with E-state index in [1.165, 1.54) is 25.1 Å². The number of aliphatic carboxylic acids is 1. The minimum absolute atomic E-state index is 0.0954. The Morgan fingerprint density at radius 3 is 2.42 bits per heavy atom. The zero-order valence-electron chi connectivity index (χ0n) is 12.6. The van der Waals surface area contributed by atoms with Crippen LogP contribution < -0.4 is 0 Å². The van der Waals surface area contributed by atoms with Gasteiger partial charge in [0.2, 0.25) is 6.10 Å². The first-order valence-corrected chi connectivity index (χ1v) is 6.74. The molecule has 1 aromatic carbocycles. The van der Waals surface area contributed by atoms with Crippen LogP contribution in [0.25, 0.3) is 6.08 Å². The Kier molecular flexibility index (Phi) is 6.75. The molecule has 0 aliphatic rings. The molecular weight excluding hydrogens is 324 g/mol. The first-order valence-electron chi connectivity index (χ1n) is 6.74. The lowest BCUT2D eigenvalue weighted by Gasteiger charge is -2.17. The molecular formula is C15H16O9. The highest BCUT2D eigenvalue weighted by atomic mass is 16.6. The summed E-state index contributed by atoms with van der Waals surface area (Å²) in [6.07, 6.45) is -2.25. The Hall–Kier alpha value is -3.07. The number of carboxylic acids is 1. The number of aliphatic hydroxyl groups excluding tert-OH is 1. The number of phenolic OH excluding ortho intramolecular Hbond substituents is 2. The van der Waals surface area contributed by atoms with E-state index in [0.717, 1.165) is 12.1 Å². The molecule has 0 aliphatic carbocycles. The van der Waals surface area contributed by atoms with E-state index in [0.29, 0.717) is 5.56 Å². The van der Waals surface area contributed by atoms with E-state index in [-0.39, 0.29) is 12.4 Å². The number of aromatic hydroxyl groups is 2. The van der Waals surface area contributed by atoms with Gasteiger partial charge in [0.05, 0.1) is 6.61 Å². The molecule has 2 unspecified atom stereocenters. The molecule has 0 heterocycles. The van der Waals surface area contributed by atoms with Crippen molar-refractivity contribution in [3.63, 3.8) is 0 Å². The number of carboxylic acid groups (broad SMARTS) is 1. The number of benzene rings is 1. The molecule has 1 aromatic rings. The lowest BCUT2D eigenvalue weighted by molar-refractivity contribution is -0.179. The maximum Gasteiger partial charge on any atom is 0.350 e. The first-order chi connectivity index (χ1) is 11.3. The quantitative estimate of drug-likeness (QED) is 0.306. The molecule has 0 bridgehead atoms. The predicted molar refractivity (Wildman–Crippen MR) is 79.0 cm³/mol. The van der Waals surface area contributed by atoms with Gasteiger partial charge in [0, 0.05) is 6.08 Å². The van der Waals surface area contributed by atoms with Crippen molar-refractivity contribution in [1.82, 2.24) is 0 Å². The van der Waals surface area contributed by atoms with Crippen molar-refractivity contribution in [2.24, 2.45) is 0 Å². The molecule has 0 aliphatic heterocycles. The summed E-state index contributed by atoms with van der Waals surface area (Å²) < 4.78 is 9.16. The zero-order chi connectivity index (χ0) is 18.3. The minimum Gasteiger partial charge on any atom is -0.504 e. The Morgan fingerprint density at radius 1 is 1.21 bits per heavy atom. The Balaban J connectivity index is 2.83. The highest BCUT2D eigenvalue weighted by molar-refractivity contribution is 5.91. The second kappa shape index (κ2) is 8.53. The third kappa shape index (κ3) is 5.29. The van der Waals surface area contributed by atoms with Crippen LogP contribution >= 0.6 is 0 Å². The average molecular weight is 340 g/mol. The monoisotopic (exact) mass is 340 g/mol. The fraction of sp³-hybridized carbons (Fsp3) is 0.267. The van der Waals surface area contributed by atoms with Gasteiger partial charge in [-0.2, -0.15) is 0 Å². The summed E-state index contributed by atoms with van der Waals surface area (Å²) >= 11 is 0. The van der Waals surface area contributed by atoms with E-state index in [9.17, 15) is 24.6 Å². The largest absolute Gasteiger partial charge is 0.504 e. The van der Waals surface area contributed by atoms with Crippen molar-refractivity contribution >= 4 is 24.0 Å². The zero-order valence-corrected chi connectivity index (χ0v) is 12.6. The van der Waals surface area contributed by atoms with Gasteiger partial charge in [0.25, 0.3) is 0 Å². The normalized spacial score (nSPS) is 13.2. The van der Waals surface area contributed by atoms with Crippen LogP contribution in [0.5, 0.6) is 11.5 Å². The summed E-state index contributed by atoms with van der Waals surface area (Å²) in [7, 11) is 0. The Morgan fingerprint density at radius 2 is 1.88 bits per heavy atom. The smallest absolute Gasteiger partial charge is 0.350 e. The fourth-order valence-corrected chi connectivity index (χ4v) is 1.57. The topological polar surface area (TPSA) is 151 Å². The predicted octanol–water partition coefficient (Wildman–Crippen LogP) is 0.0314. The number of carbonyl (C=O) groups excluding carboxylic acids is 2. The van der Waals surface area contributed by atoms with Crippen LogP contribution in [0, 0.1) is 0 Å². The van der Waals surface area contributed by atoms with Gasteiger partial charge in [-0.25, -0.2) is 14.4 Å². The van der Waals surface area contributed by atoms with Crippen molar-refractivity contribution in [3.8, 4) is 11.5 Å². The van der Waals surface area contributed by atoms with Crippen molar-refractivity contribution in [2.45, 2.75) is 19.1 Å². The second-order valence-electron chi connectivity index (χ2n) is 4.47. The molecule has 0 spiro atoms. The number of rotatable bonds is 7. The average Bonchev–Trinajstić information content (AvgIpc) is 2.53. The van der Waals surface area contributed by atoms with Crippen molar-refractivity contribution in [3.05, 3.63) is 29.8 Å². The van der Waals surface area contributed by atoms with Gasteiger partial charge in [-0.15, -0.1) is 0 Å². The van der Waals surface area contributed by atoms with Gasteiger partial charge in [0.1, 0.15) is 0 Å². The van der Waals surface area contributed by atoms with Gasteiger partial charge in [-0.3, -0.25) is 0 Å². The van der Waals surface area contributed by atoms with E-state index in [2.05, 4.69) is 9.47 Å². The number of hydrogen-bond acceptors (Lipinski definition) is 8. The van der Waals surface area contributed by atoms with Gasteiger partial charge in [0.15, 0.2) is 17.6 Å². The SMILES string of the molecule is CCOC(=O)C(OC(=O)C=Cc1ccc(O)c(O)c1)C(O)C(=O)O. The van der Waals surface area contributed by atoms with Crippen LogP contribution in [0.2, 0.25) is 0 Å². The van der Waals surface area contributed by atoms with Gasteiger partial charge < -0.3 is 29.9 Å². The van der Waals surface area contributed by atoms with Crippen LogP contribution in [-0.2, 0) is 23.9 Å². The summed E-state index contributed by atoms with van der Waals surface area (Å²) in [5.41, 5.74) is 0.328. The van der Waals surface area contributed by atoms with Crippen LogP contribution in [0.15, 0.2) is 24.3 Å². The summed E-state index contributed by atoms with van der Waals surface area (Å²) in [5, 5.41) is 36.6. The number of ether oxygens (including phenoxy) is 2. The van der Waals surface area contributed by atoms with Crippen LogP contribution in [0.3, 0.4) is 0 Å². The Bertz CT molecular complexity index is 650. The number of carbonyl (C=O) groups is 3. The molecule has 1 rings (SSSR count). The summed E-state index contributed by atoms with van der Waals surface area (Å²) in [5.74, 6) is -4.82. The molecule has 0 saturated carbocycles. The molecule has 4 N–H and O–H groups in total. The summed E-state index contributed by atoms with van der Waals surface area (Å²) in [6.45, 7) is 1.36. The molecule has 0 fully saturated rings. The summed E-state index contributed by atoms with van der Waals surface area (Å²) in [6, 6.07) is 3.73. The number of hydrogen-bond donors (Lipinski definition) is 4. The number of phenols is 2. The van der Waals surface area contributed by atoms with Gasteiger partial charge in [-0.1, -0.05) is 6.07 Å². The third-order valence-electron chi connectivity index (χ3n) is 2.71. The lowest BCUT2D eigenvalue weighted by Crippen LogP contribution is -2.43.